The lowest BCUT2D eigenvalue weighted by molar-refractivity contribution is -0.132. The second-order valence-corrected chi connectivity index (χ2v) is 8.53. The number of anilines is 1. The van der Waals surface area contributed by atoms with Gasteiger partial charge in [0.1, 0.15) is 17.3 Å². The summed E-state index contributed by atoms with van der Waals surface area (Å²) in [5.41, 5.74) is 1.97. The summed E-state index contributed by atoms with van der Waals surface area (Å²) in [5.74, 6) is -0.242. The Bertz CT molecular complexity index is 1400. The van der Waals surface area contributed by atoms with Crippen LogP contribution in [0.3, 0.4) is 0 Å². The molecule has 0 aromatic heterocycles. The van der Waals surface area contributed by atoms with Crippen LogP contribution in [0.2, 0.25) is 0 Å². The summed E-state index contributed by atoms with van der Waals surface area (Å²) in [4.78, 5) is 28.5. The molecule has 1 aliphatic rings. The number of carbonyl (C=O) groups excluding carboxylic acids is 2. The number of nitrogens with zero attached hydrogens (tertiary/aromatic N) is 1. The first-order valence-electron chi connectivity index (χ1n) is 11.7. The Balaban J connectivity index is 2.04. The van der Waals surface area contributed by atoms with Crippen LogP contribution in [0.25, 0.3) is 5.76 Å². The summed E-state index contributed by atoms with van der Waals surface area (Å²) < 4.78 is 27.2. The lowest BCUT2D eigenvalue weighted by Crippen LogP contribution is -2.29. The fraction of sp³-hybridized carbons (Fsp3) is 0.241. The average molecular weight is 520 g/mol. The van der Waals surface area contributed by atoms with E-state index in [1.807, 2.05) is 13.0 Å². The van der Waals surface area contributed by atoms with E-state index in [9.17, 15) is 14.7 Å². The van der Waals surface area contributed by atoms with Crippen molar-refractivity contribution >= 4 is 23.1 Å². The van der Waals surface area contributed by atoms with Crippen LogP contribution in [0, 0.1) is 6.92 Å². The zero-order valence-corrected chi connectivity index (χ0v) is 22.0. The van der Waals surface area contributed by atoms with Gasteiger partial charge < -0.3 is 28.8 Å². The first-order valence-corrected chi connectivity index (χ1v) is 11.7. The number of benzene rings is 3. The molecule has 0 aliphatic carbocycles. The fourth-order valence-electron chi connectivity index (χ4n) is 4.59. The van der Waals surface area contributed by atoms with Gasteiger partial charge in [-0.15, -0.1) is 0 Å². The predicted octanol–water partition coefficient (Wildman–Crippen LogP) is 4.66. The largest absolute Gasteiger partial charge is 0.507 e. The molecule has 4 rings (SSSR count). The Hall–Kier alpha value is -4.66. The zero-order chi connectivity index (χ0) is 27.6. The summed E-state index contributed by atoms with van der Waals surface area (Å²) in [7, 11) is 7.37. The molecule has 1 N–H and O–H groups in total. The number of carbonyl (C=O) groups is 2. The Morgan fingerprint density at radius 3 is 2.00 bits per heavy atom. The van der Waals surface area contributed by atoms with Gasteiger partial charge in [0.15, 0.2) is 11.5 Å². The van der Waals surface area contributed by atoms with E-state index in [1.165, 1.54) is 40.4 Å². The number of Topliss-reactive ketones (excluding diaryl/α,β-unsaturated/α-hetero) is 1. The minimum Gasteiger partial charge on any atom is -0.507 e. The highest BCUT2D eigenvalue weighted by atomic mass is 16.5. The van der Waals surface area contributed by atoms with Gasteiger partial charge in [-0.05, 0) is 54.4 Å². The molecule has 9 heteroatoms. The highest BCUT2D eigenvalue weighted by Crippen LogP contribution is 2.47. The van der Waals surface area contributed by atoms with Gasteiger partial charge in [-0.25, -0.2) is 0 Å². The van der Waals surface area contributed by atoms with Gasteiger partial charge in [-0.2, -0.15) is 0 Å². The third-order valence-electron chi connectivity index (χ3n) is 6.39. The fourth-order valence-corrected chi connectivity index (χ4v) is 4.59. The van der Waals surface area contributed by atoms with E-state index in [4.69, 9.17) is 23.7 Å². The van der Waals surface area contributed by atoms with Gasteiger partial charge in [-0.3, -0.25) is 14.5 Å². The number of aliphatic hydroxyl groups is 1. The van der Waals surface area contributed by atoms with Gasteiger partial charge in [0, 0.05) is 11.8 Å². The third-order valence-corrected chi connectivity index (χ3v) is 6.39. The Morgan fingerprint density at radius 2 is 1.45 bits per heavy atom. The van der Waals surface area contributed by atoms with Gasteiger partial charge in [0.25, 0.3) is 11.7 Å². The summed E-state index contributed by atoms with van der Waals surface area (Å²) in [6.07, 6.45) is 0. The Kier molecular flexibility index (Phi) is 7.47. The number of aliphatic hydroxyl groups excluding tert-OH is 1. The van der Waals surface area contributed by atoms with E-state index in [0.717, 1.165) is 5.56 Å². The number of aryl methyl sites for hydroxylation is 1. The molecule has 1 atom stereocenters. The standard InChI is InChI=1S/C29H29NO8/c1-16-8-7-9-18(12-16)30-25(17-13-22(36-4)28(38-6)23(14-17)37-5)24(27(32)29(30)33)26(31)20-11-10-19(34-2)15-21(20)35-3/h7-15,25,31H,1-6H3/b26-24+. The van der Waals surface area contributed by atoms with Crippen molar-refractivity contribution in [2.24, 2.45) is 0 Å². The van der Waals surface area contributed by atoms with Crippen molar-refractivity contribution in [3.05, 3.63) is 76.9 Å². The van der Waals surface area contributed by atoms with Gasteiger partial charge >= 0.3 is 0 Å². The third kappa shape index (κ3) is 4.47. The van der Waals surface area contributed by atoms with E-state index in [-0.39, 0.29) is 16.9 Å². The highest BCUT2D eigenvalue weighted by Gasteiger charge is 2.47. The van der Waals surface area contributed by atoms with Crippen molar-refractivity contribution in [3.8, 4) is 28.7 Å². The minimum atomic E-state index is -1.02. The molecule has 1 saturated heterocycles. The van der Waals surface area contributed by atoms with Crippen molar-refractivity contribution in [2.75, 3.05) is 40.4 Å². The molecule has 1 heterocycles. The van der Waals surface area contributed by atoms with Crippen LogP contribution in [-0.4, -0.2) is 52.3 Å². The van der Waals surface area contributed by atoms with Gasteiger partial charge in [0.2, 0.25) is 5.75 Å². The number of hydrogen-bond donors (Lipinski definition) is 1. The normalized spacial score (nSPS) is 16.4. The molecule has 1 aliphatic heterocycles. The second-order valence-electron chi connectivity index (χ2n) is 8.53. The van der Waals surface area contributed by atoms with Crippen molar-refractivity contribution in [2.45, 2.75) is 13.0 Å². The van der Waals surface area contributed by atoms with Crippen LogP contribution in [0.5, 0.6) is 28.7 Å². The molecule has 1 amide bonds. The summed E-state index contributed by atoms with van der Waals surface area (Å²) >= 11 is 0. The highest BCUT2D eigenvalue weighted by molar-refractivity contribution is 6.51. The summed E-state index contributed by atoms with van der Waals surface area (Å²) in [6, 6.07) is 14.3. The summed E-state index contributed by atoms with van der Waals surface area (Å²) in [6.45, 7) is 1.89. The lowest BCUT2D eigenvalue weighted by Gasteiger charge is -2.27. The first-order chi connectivity index (χ1) is 18.3. The molecule has 0 spiro atoms. The first kappa shape index (κ1) is 26.4. The summed E-state index contributed by atoms with van der Waals surface area (Å²) in [5, 5.41) is 11.6. The molecule has 1 unspecified atom stereocenters. The van der Waals surface area contributed by atoms with Crippen molar-refractivity contribution in [3.63, 3.8) is 0 Å². The maximum absolute atomic E-state index is 13.6. The molecular weight excluding hydrogens is 490 g/mol. The lowest BCUT2D eigenvalue weighted by atomic mass is 9.94. The topological polar surface area (TPSA) is 104 Å². The van der Waals surface area contributed by atoms with Crippen LogP contribution in [0.15, 0.2) is 60.2 Å². The molecule has 0 saturated carbocycles. The molecule has 1 fully saturated rings. The predicted molar refractivity (Wildman–Crippen MR) is 142 cm³/mol. The van der Waals surface area contributed by atoms with Crippen LogP contribution in [0.4, 0.5) is 5.69 Å². The van der Waals surface area contributed by atoms with Crippen LogP contribution in [0.1, 0.15) is 22.7 Å². The monoisotopic (exact) mass is 519 g/mol. The maximum atomic E-state index is 13.6. The number of ketones is 1. The SMILES string of the molecule is COc1ccc(/C(O)=C2\C(=O)C(=O)N(c3cccc(C)c3)C2c2cc(OC)c(OC)c(OC)c2)c(OC)c1. The van der Waals surface area contributed by atoms with Gasteiger partial charge in [0.05, 0.1) is 52.7 Å². The smallest absolute Gasteiger partial charge is 0.300 e. The van der Waals surface area contributed by atoms with E-state index in [1.54, 1.807) is 48.5 Å². The molecule has 9 nitrogen and oxygen atoms in total. The van der Waals surface area contributed by atoms with E-state index in [0.29, 0.717) is 34.2 Å². The number of amides is 1. The van der Waals surface area contributed by atoms with Gasteiger partial charge in [-0.1, -0.05) is 12.1 Å². The van der Waals surface area contributed by atoms with Crippen molar-refractivity contribution < 1.29 is 38.4 Å². The van der Waals surface area contributed by atoms with E-state index >= 15 is 0 Å². The molecule has 0 radical (unpaired) electrons. The van der Waals surface area contributed by atoms with Crippen LogP contribution < -0.4 is 28.6 Å². The number of hydrogen-bond acceptors (Lipinski definition) is 8. The van der Waals surface area contributed by atoms with E-state index in [2.05, 4.69) is 0 Å². The maximum Gasteiger partial charge on any atom is 0.300 e. The zero-order valence-electron chi connectivity index (χ0n) is 22.0. The van der Waals surface area contributed by atoms with Crippen LogP contribution >= 0.6 is 0 Å². The number of ether oxygens (including phenoxy) is 5. The minimum absolute atomic E-state index is 0.116. The van der Waals surface area contributed by atoms with Crippen LogP contribution in [-0.2, 0) is 9.59 Å². The molecule has 38 heavy (non-hydrogen) atoms. The Morgan fingerprint density at radius 1 is 0.789 bits per heavy atom. The Labute approximate surface area is 220 Å². The molecule has 198 valence electrons. The molecular formula is C29H29NO8. The average Bonchev–Trinajstić information content (AvgIpc) is 3.21. The number of rotatable bonds is 8. The van der Waals surface area contributed by atoms with Crippen molar-refractivity contribution in [1.29, 1.82) is 0 Å². The van der Waals surface area contributed by atoms with E-state index < -0.39 is 23.5 Å². The van der Waals surface area contributed by atoms with Crippen molar-refractivity contribution in [1.82, 2.24) is 0 Å². The second kappa shape index (κ2) is 10.8. The number of methoxy groups -OCH3 is 5. The molecule has 3 aromatic carbocycles. The molecule has 3 aromatic rings. The molecule has 0 bridgehead atoms. The quantitative estimate of drug-likeness (QED) is 0.260.